The second-order valence-electron chi connectivity index (χ2n) is 5.67. The molecule has 8 heteroatoms. The third-order valence-corrected chi connectivity index (χ3v) is 5.55. The van der Waals surface area contributed by atoms with Gasteiger partial charge in [0.15, 0.2) is 0 Å². The van der Waals surface area contributed by atoms with Crippen molar-refractivity contribution in [2.24, 2.45) is 0 Å². The number of hydrogen-bond donors (Lipinski definition) is 1. The third-order valence-electron chi connectivity index (χ3n) is 3.64. The summed E-state index contributed by atoms with van der Waals surface area (Å²) in [5.74, 6) is -0.832. The number of nitrogens with one attached hydrogen (secondary N) is 1. The Morgan fingerprint density at radius 1 is 1.19 bits per heavy atom. The summed E-state index contributed by atoms with van der Waals surface area (Å²) < 4.78 is 38.9. The maximum Gasteiger partial charge on any atom is 0.232 e. The van der Waals surface area contributed by atoms with Gasteiger partial charge in [0.25, 0.3) is 0 Å². The first-order chi connectivity index (χ1) is 12.3. The Balaban J connectivity index is 1.97. The Hall–Kier alpha value is -2.06. The summed E-state index contributed by atoms with van der Waals surface area (Å²) in [6.45, 7) is 0.0258. The summed E-state index contributed by atoms with van der Waals surface area (Å²) in [6.07, 6.45) is 3.37. The molecule has 2 aromatic carbocycles. The highest BCUT2D eigenvalue weighted by molar-refractivity contribution is 7.98. The highest BCUT2D eigenvalue weighted by Gasteiger charge is 2.20. The molecule has 0 unspecified atom stereocenters. The van der Waals surface area contributed by atoms with Gasteiger partial charge in [-0.3, -0.25) is 9.10 Å². The zero-order chi connectivity index (χ0) is 19.2. The van der Waals surface area contributed by atoms with Crippen LogP contribution in [0.25, 0.3) is 0 Å². The van der Waals surface area contributed by atoms with Crippen LogP contribution in [0.4, 0.5) is 15.8 Å². The maximum absolute atomic E-state index is 13.9. The number of rotatable bonds is 8. The first-order valence-electron chi connectivity index (χ1n) is 7.97. The van der Waals surface area contributed by atoms with Gasteiger partial charge in [0.05, 0.1) is 11.9 Å². The standard InChI is InChI=1S/C18H21FN2O3S2/c1-25-15-8-5-7-14(13-15)20-18(22)11-6-12-21(26(2,23)24)17-10-4-3-9-16(17)19/h3-5,7-10,13H,6,11-12H2,1-2H3,(H,20,22). The van der Waals surface area contributed by atoms with E-state index in [1.807, 2.05) is 24.5 Å². The lowest BCUT2D eigenvalue weighted by Crippen LogP contribution is -2.32. The van der Waals surface area contributed by atoms with Crippen LogP contribution < -0.4 is 9.62 Å². The monoisotopic (exact) mass is 396 g/mol. The van der Waals surface area contributed by atoms with Crippen LogP contribution in [0.1, 0.15) is 12.8 Å². The minimum absolute atomic E-state index is 0.0110. The fraction of sp³-hybridized carbons (Fsp3) is 0.278. The van der Waals surface area contributed by atoms with E-state index >= 15 is 0 Å². The molecule has 0 bridgehead atoms. The van der Waals surface area contributed by atoms with Crippen molar-refractivity contribution >= 4 is 39.1 Å². The van der Waals surface area contributed by atoms with Gasteiger partial charge in [0.1, 0.15) is 5.82 Å². The number of anilines is 2. The molecule has 1 N–H and O–H groups in total. The average Bonchev–Trinajstić information content (AvgIpc) is 2.59. The third kappa shape index (κ3) is 5.74. The van der Waals surface area contributed by atoms with Crippen LogP contribution >= 0.6 is 11.8 Å². The molecule has 140 valence electrons. The first-order valence-corrected chi connectivity index (χ1v) is 11.0. The molecule has 0 saturated heterocycles. The van der Waals surface area contributed by atoms with Crippen LogP contribution in [0.5, 0.6) is 0 Å². The smallest absolute Gasteiger partial charge is 0.232 e. The topological polar surface area (TPSA) is 66.5 Å². The van der Waals surface area contributed by atoms with E-state index in [0.29, 0.717) is 5.69 Å². The molecule has 26 heavy (non-hydrogen) atoms. The second kappa shape index (κ2) is 9.05. The number of carbonyl (C=O) groups excluding carboxylic acids is 1. The number of thioether (sulfide) groups is 1. The lowest BCUT2D eigenvalue weighted by Gasteiger charge is -2.22. The van der Waals surface area contributed by atoms with E-state index in [0.717, 1.165) is 15.5 Å². The van der Waals surface area contributed by atoms with Gasteiger partial charge in [-0.05, 0) is 43.0 Å². The lowest BCUT2D eigenvalue weighted by molar-refractivity contribution is -0.116. The molecule has 0 aliphatic heterocycles. The fourth-order valence-corrected chi connectivity index (χ4v) is 3.85. The highest BCUT2D eigenvalue weighted by Crippen LogP contribution is 2.22. The van der Waals surface area contributed by atoms with Crippen LogP contribution in [-0.2, 0) is 14.8 Å². The number of para-hydroxylation sites is 1. The summed E-state index contributed by atoms with van der Waals surface area (Å²) in [4.78, 5) is 13.1. The number of sulfonamides is 1. The lowest BCUT2D eigenvalue weighted by atomic mass is 10.2. The van der Waals surface area contributed by atoms with Gasteiger partial charge >= 0.3 is 0 Å². The fourth-order valence-electron chi connectivity index (χ4n) is 2.43. The number of hydrogen-bond acceptors (Lipinski definition) is 4. The van der Waals surface area contributed by atoms with Crippen molar-refractivity contribution in [2.45, 2.75) is 17.7 Å². The summed E-state index contributed by atoms with van der Waals surface area (Å²) in [5, 5.41) is 2.79. The quantitative estimate of drug-likeness (QED) is 0.691. The van der Waals surface area contributed by atoms with E-state index in [4.69, 9.17) is 0 Å². The van der Waals surface area contributed by atoms with E-state index in [1.54, 1.807) is 23.9 Å². The summed E-state index contributed by atoms with van der Waals surface area (Å²) in [6, 6.07) is 13.1. The van der Waals surface area contributed by atoms with Crippen LogP contribution in [0.15, 0.2) is 53.4 Å². The van der Waals surface area contributed by atoms with Crippen molar-refractivity contribution in [3.05, 3.63) is 54.3 Å². The minimum Gasteiger partial charge on any atom is -0.326 e. The van der Waals surface area contributed by atoms with Gasteiger partial charge < -0.3 is 5.32 Å². The normalized spacial score (nSPS) is 11.2. The van der Waals surface area contributed by atoms with Crippen molar-refractivity contribution in [3.63, 3.8) is 0 Å². The molecule has 0 aromatic heterocycles. The maximum atomic E-state index is 13.9. The highest BCUT2D eigenvalue weighted by atomic mass is 32.2. The van der Waals surface area contributed by atoms with Gasteiger partial charge in [-0.2, -0.15) is 0 Å². The number of nitrogens with zero attached hydrogens (tertiary/aromatic N) is 1. The molecular weight excluding hydrogens is 375 g/mol. The molecule has 2 rings (SSSR count). The zero-order valence-corrected chi connectivity index (χ0v) is 16.2. The number of amides is 1. The van der Waals surface area contributed by atoms with Crippen molar-refractivity contribution in [3.8, 4) is 0 Å². The average molecular weight is 397 g/mol. The van der Waals surface area contributed by atoms with Gasteiger partial charge in [0.2, 0.25) is 15.9 Å². The molecule has 0 aliphatic rings. The van der Waals surface area contributed by atoms with E-state index in [9.17, 15) is 17.6 Å². The second-order valence-corrected chi connectivity index (χ2v) is 8.46. The number of benzene rings is 2. The number of halogens is 1. The molecular formula is C18H21FN2O3S2. The predicted octanol–water partition coefficient (Wildman–Crippen LogP) is 3.73. The van der Waals surface area contributed by atoms with E-state index in [1.165, 1.54) is 18.2 Å². The van der Waals surface area contributed by atoms with Gasteiger partial charge in [-0.15, -0.1) is 11.8 Å². The molecule has 0 aliphatic carbocycles. The van der Waals surface area contributed by atoms with Crippen molar-refractivity contribution < 1.29 is 17.6 Å². The number of carbonyl (C=O) groups is 1. The van der Waals surface area contributed by atoms with Gasteiger partial charge in [0, 0.05) is 23.5 Å². The molecule has 0 fully saturated rings. The van der Waals surface area contributed by atoms with Crippen molar-refractivity contribution in [1.82, 2.24) is 0 Å². The van der Waals surface area contributed by atoms with Crippen LogP contribution in [-0.4, -0.2) is 33.4 Å². The molecule has 1 amide bonds. The zero-order valence-electron chi connectivity index (χ0n) is 14.6. The summed E-state index contributed by atoms with van der Waals surface area (Å²) in [7, 11) is -3.65. The molecule has 0 heterocycles. The van der Waals surface area contributed by atoms with Crippen molar-refractivity contribution in [2.75, 3.05) is 28.7 Å². The Labute approximate surface area is 157 Å². The summed E-state index contributed by atoms with van der Waals surface area (Å²) in [5.41, 5.74) is 0.680. The molecule has 0 spiro atoms. The molecule has 0 atom stereocenters. The SMILES string of the molecule is CSc1cccc(NC(=O)CCCN(c2ccccc2F)S(C)(=O)=O)c1. The Bertz CT molecular complexity index is 872. The minimum atomic E-state index is -3.65. The van der Waals surface area contributed by atoms with Crippen molar-refractivity contribution in [1.29, 1.82) is 0 Å². The van der Waals surface area contributed by atoms with E-state index in [2.05, 4.69) is 5.32 Å². The Kier molecular flexibility index (Phi) is 7.05. The van der Waals surface area contributed by atoms with E-state index in [-0.39, 0.29) is 31.0 Å². The Morgan fingerprint density at radius 3 is 2.58 bits per heavy atom. The van der Waals surface area contributed by atoms with Crippen LogP contribution in [0, 0.1) is 5.82 Å². The van der Waals surface area contributed by atoms with Gasteiger partial charge in [-0.1, -0.05) is 18.2 Å². The summed E-state index contributed by atoms with van der Waals surface area (Å²) >= 11 is 1.57. The predicted molar refractivity (Wildman–Crippen MR) is 105 cm³/mol. The first kappa shape index (κ1) is 20.3. The van der Waals surface area contributed by atoms with Crippen LogP contribution in [0.2, 0.25) is 0 Å². The molecule has 2 aromatic rings. The molecule has 5 nitrogen and oxygen atoms in total. The van der Waals surface area contributed by atoms with Crippen LogP contribution in [0.3, 0.4) is 0 Å². The largest absolute Gasteiger partial charge is 0.326 e. The Morgan fingerprint density at radius 2 is 1.92 bits per heavy atom. The molecule has 0 radical (unpaired) electrons. The van der Waals surface area contributed by atoms with E-state index < -0.39 is 15.8 Å². The van der Waals surface area contributed by atoms with Gasteiger partial charge in [-0.25, -0.2) is 12.8 Å². The molecule has 0 saturated carbocycles.